The lowest BCUT2D eigenvalue weighted by Gasteiger charge is -2.26. The molecule has 0 amide bonds. The second-order valence-electron chi connectivity index (χ2n) is 5.61. The Morgan fingerprint density at radius 2 is 1.75 bits per heavy atom. The molecule has 1 nitrogen and oxygen atoms in total. The van der Waals surface area contributed by atoms with Gasteiger partial charge in [-0.3, -0.25) is 0 Å². The van der Waals surface area contributed by atoms with E-state index < -0.39 is 6.10 Å². The summed E-state index contributed by atoms with van der Waals surface area (Å²) in [5.41, 5.74) is 2.78. The zero-order valence-electron chi connectivity index (χ0n) is 11.4. The van der Waals surface area contributed by atoms with Crippen LogP contribution in [0.5, 0.6) is 0 Å². The molecule has 0 radical (unpaired) electrons. The van der Waals surface area contributed by atoms with E-state index in [1.165, 1.54) is 30.9 Å². The first-order valence-corrected chi connectivity index (χ1v) is 7.25. The molecule has 20 heavy (non-hydrogen) atoms. The zero-order chi connectivity index (χ0) is 13.9. The van der Waals surface area contributed by atoms with Crippen molar-refractivity contribution in [3.63, 3.8) is 0 Å². The van der Waals surface area contributed by atoms with Crippen LogP contribution >= 0.6 is 0 Å². The molecule has 1 aliphatic carbocycles. The van der Waals surface area contributed by atoms with E-state index >= 15 is 0 Å². The van der Waals surface area contributed by atoms with Crippen molar-refractivity contribution in [2.45, 2.75) is 37.7 Å². The molecule has 1 unspecified atom stereocenters. The quantitative estimate of drug-likeness (QED) is 0.874. The highest BCUT2D eigenvalue weighted by Crippen LogP contribution is 2.36. The number of aliphatic hydroxyl groups excluding tert-OH is 1. The zero-order valence-corrected chi connectivity index (χ0v) is 11.4. The van der Waals surface area contributed by atoms with Crippen molar-refractivity contribution in [3.8, 4) is 0 Å². The minimum Gasteiger partial charge on any atom is -0.388 e. The molecule has 0 heterocycles. The summed E-state index contributed by atoms with van der Waals surface area (Å²) in [5, 5.41) is 10.2. The van der Waals surface area contributed by atoms with Crippen LogP contribution in [0.2, 0.25) is 0 Å². The third-order valence-electron chi connectivity index (χ3n) is 4.27. The van der Waals surface area contributed by atoms with E-state index in [0.717, 1.165) is 5.56 Å². The second kappa shape index (κ2) is 5.76. The van der Waals surface area contributed by atoms with Gasteiger partial charge in [-0.15, -0.1) is 0 Å². The maximum Gasteiger partial charge on any atom is 0.126 e. The highest BCUT2D eigenvalue weighted by atomic mass is 19.1. The first kappa shape index (κ1) is 13.3. The Bertz CT molecular complexity index is 572. The maximum atomic E-state index is 13.6. The highest BCUT2D eigenvalue weighted by molar-refractivity contribution is 5.29. The molecule has 2 aromatic rings. The van der Waals surface area contributed by atoms with Crippen LogP contribution in [0.25, 0.3) is 0 Å². The van der Waals surface area contributed by atoms with Gasteiger partial charge in [0.15, 0.2) is 0 Å². The van der Waals surface area contributed by atoms with Crippen LogP contribution in [0.4, 0.5) is 4.39 Å². The standard InChI is InChI=1S/C18H19FO/c19-17-7-2-1-4-16(17)12-18(20)15-10-8-14(9-11-15)13-5-3-6-13/h1-2,4,7-11,13,18,20H,3,5-6,12H2. The van der Waals surface area contributed by atoms with Gasteiger partial charge >= 0.3 is 0 Å². The van der Waals surface area contributed by atoms with Gasteiger partial charge in [0.25, 0.3) is 0 Å². The van der Waals surface area contributed by atoms with Gasteiger partial charge < -0.3 is 5.11 Å². The summed E-state index contributed by atoms with van der Waals surface area (Å²) in [6, 6.07) is 14.8. The van der Waals surface area contributed by atoms with Crippen molar-refractivity contribution in [1.82, 2.24) is 0 Å². The van der Waals surface area contributed by atoms with Crippen LogP contribution in [-0.2, 0) is 6.42 Å². The summed E-state index contributed by atoms with van der Waals surface area (Å²) in [6.45, 7) is 0. The molecule has 2 aromatic carbocycles. The first-order chi connectivity index (χ1) is 9.74. The third kappa shape index (κ3) is 2.75. The first-order valence-electron chi connectivity index (χ1n) is 7.25. The Kier molecular flexibility index (Phi) is 3.83. The van der Waals surface area contributed by atoms with Crippen molar-refractivity contribution < 1.29 is 9.50 Å². The molecule has 1 saturated carbocycles. The van der Waals surface area contributed by atoms with Crippen molar-refractivity contribution in [2.24, 2.45) is 0 Å². The predicted molar refractivity (Wildman–Crippen MR) is 78.1 cm³/mol. The average molecular weight is 270 g/mol. The highest BCUT2D eigenvalue weighted by Gasteiger charge is 2.19. The van der Waals surface area contributed by atoms with Crippen molar-refractivity contribution in [1.29, 1.82) is 0 Å². The van der Waals surface area contributed by atoms with Crippen LogP contribution in [0.15, 0.2) is 48.5 Å². The Morgan fingerprint density at radius 3 is 2.35 bits per heavy atom. The van der Waals surface area contributed by atoms with Crippen LogP contribution in [0.1, 0.15) is 48.0 Å². The lowest BCUT2D eigenvalue weighted by atomic mass is 9.80. The smallest absolute Gasteiger partial charge is 0.126 e. The van der Waals surface area contributed by atoms with Gasteiger partial charge in [0.05, 0.1) is 6.10 Å². The molecule has 1 aliphatic rings. The number of benzene rings is 2. The molecule has 0 spiro atoms. The topological polar surface area (TPSA) is 20.2 Å². The Hall–Kier alpha value is -1.67. The lowest BCUT2D eigenvalue weighted by Crippen LogP contribution is -2.09. The minimum atomic E-state index is -0.651. The number of hydrogen-bond donors (Lipinski definition) is 1. The number of aliphatic hydroxyl groups is 1. The van der Waals surface area contributed by atoms with Gasteiger partial charge in [0.2, 0.25) is 0 Å². The predicted octanol–water partition coefficient (Wildman–Crippen LogP) is 4.37. The summed E-state index contributed by atoms with van der Waals surface area (Å²) in [6.07, 6.45) is 3.54. The molecule has 0 aromatic heterocycles. The number of rotatable bonds is 4. The van der Waals surface area contributed by atoms with E-state index in [-0.39, 0.29) is 5.82 Å². The summed E-state index contributed by atoms with van der Waals surface area (Å²) in [5.74, 6) is 0.449. The number of hydrogen-bond acceptors (Lipinski definition) is 1. The van der Waals surface area contributed by atoms with E-state index in [0.29, 0.717) is 17.9 Å². The normalized spacial score (nSPS) is 16.7. The van der Waals surface area contributed by atoms with Gasteiger partial charge in [0, 0.05) is 6.42 Å². The van der Waals surface area contributed by atoms with Crippen molar-refractivity contribution in [2.75, 3.05) is 0 Å². The summed E-state index contributed by atoms with van der Waals surface area (Å²) >= 11 is 0. The number of halogens is 1. The fourth-order valence-electron chi connectivity index (χ4n) is 2.72. The van der Waals surface area contributed by atoms with Crippen LogP contribution in [0, 0.1) is 5.82 Å². The van der Waals surface area contributed by atoms with E-state index in [4.69, 9.17) is 0 Å². The lowest BCUT2D eigenvalue weighted by molar-refractivity contribution is 0.177. The molecule has 1 fully saturated rings. The summed E-state index contributed by atoms with van der Waals surface area (Å²) in [7, 11) is 0. The Labute approximate surface area is 119 Å². The maximum absolute atomic E-state index is 13.6. The van der Waals surface area contributed by atoms with Gasteiger partial charge in [0.1, 0.15) is 5.82 Å². The second-order valence-corrected chi connectivity index (χ2v) is 5.61. The molecule has 1 atom stereocenters. The SMILES string of the molecule is OC(Cc1ccccc1F)c1ccc(C2CCC2)cc1. The molecule has 0 aliphatic heterocycles. The van der Waals surface area contributed by atoms with E-state index in [1.54, 1.807) is 18.2 Å². The molecule has 0 saturated heterocycles. The van der Waals surface area contributed by atoms with Crippen LogP contribution in [0.3, 0.4) is 0 Å². The Balaban J connectivity index is 1.70. The van der Waals surface area contributed by atoms with E-state index in [9.17, 15) is 9.50 Å². The average Bonchev–Trinajstić information content (AvgIpc) is 2.40. The summed E-state index contributed by atoms with van der Waals surface area (Å²) < 4.78 is 13.6. The minimum absolute atomic E-state index is 0.252. The third-order valence-corrected chi connectivity index (χ3v) is 4.27. The van der Waals surface area contributed by atoms with Crippen molar-refractivity contribution >= 4 is 0 Å². The monoisotopic (exact) mass is 270 g/mol. The molecule has 2 heteroatoms. The van der Waals surface area contributed by atoms with Crippen LogP contribution in [-0.4, -0.2) is 5.11 Å². The molecule has 0 bridgehead atoms. The molecule has 3 rings (SSSR count). The summed E-state index contributed by atoms with van der Waals surface area (Å²) in [4.78, 5) is 0. The molecule has 104 valence electrons. The van der Waals surface area contributed by atoms with E-state index in [2.05, 4.69) is 12.1 Å². The van der Waals surface area contributed by atoms with Gasteiger partial charge in [-0.2, -0.15) is 0 Å². The van der Waals surface area contributed by atoms with Gasteiger partial charge in [-0.1, -0.05) is 48.9 Å². The molecular formula is C18H19FO. The van der Waals surface area contributed by atoms with Gasteiger partial charge in [-0.25, -0.2) is 4.39 Å². The van der Waals surface area contributed by atoms with Crippen molar-refractivity contribution in [3.05, 3.63) is 71.0 Å². The van der Waals surface area contributed by atoms with E-state index in [1.807, 2.05) is 12.1 Å². The fourth-order valence-corrected chi connectivity index (χ4v) is 2.72. The fraction of sp³-hybridized carbons (Fsp3) is 0.333. The van der Waals surface area contributed by atoms with Gasteiger partial charge in [-0.05, 0) is 41.5 Å². The Morgan fingerprint density at radius 1 is 1.05 bits per heavy atom. The molecular weight excluding hydrogens is 251 g/mol. The largest absolute Gasteiger partial charge is 0.388 e. The molecule has 1 N–H and O–H groups in total. The van der Waals surface area contributed by atoms with Crippen LogP contribution < -0.4 is 0 Å².